The molecule has 2 heterocycles. The van der Waals surface area contributed by atoms with E-state index in [2.05, 4.69) is 4.98 Å². The second kappa shape index (κ2) is 8.67. The smallest absolute Gasteiger partial charge is 0.256 e. The lowest BCUT2D eigenvalue weighted by atomic mass is 10.2. The Kier molecular flexibility index (Phi) is 5.82. The van der Waals surface area contributed by atoms with Crippen LogP contribution in [0.25, 0.3) is 21.9 Å². The Balaban J connectivity index is 1.45. The molecule has 4 aromatic rings. The molecule has 29 heavy (non-hydrogen) atoms. The van der Waals surface area contributed by atoms with E-state index in [9.17, 15) is 4.39 Å². The highest BCUT2D eigenvalue weighted by Crippen LogP contribution is 2.36. The van der Waals surface area contributed by atoms with Crippen molar-refractivity contribution in [3.63, 3.8) is 0 Å². The summed E-state index contributed by atoms with van der Waals surface area (Å²) in [4.78, 5) is 8.99. The standard InChI is InChI=1S/C21H17FN2O3S2/c1-25-16-7-8-17(18(9-16)26-2)20-24-15(11-28-20)12-29-21-23-10-19(27-21)13-3-5-14(22)6-4-13/h3-11H,12H2,1-2H3. The predicted octanol–water partition coefficient (Wildman–Crippen LogP) is 5.91. The zero-order valence-electron chi connectivity index (χ0n) is 15.7. The van der Waals surface area contributed by atoms with Gasteiger partial charge in [0.15, 0.2) is 5.76 Å². The van der Waals surface area contributed by atoms with Crippen LogP contribution in [0.5, 0.6) is 11.5 Å². The minimum atomic E-state index is -0.282. The minimum absolute atomic E-state index is 0.282. The van der Waals surface area contributed by atoms with E-state index in [0.717, 1.165) is 33.3 Å². The van der Waals surface area contributed by atoms with Crippen LogP contribution in [0.4, 0.5) is 4.39 Å². The molecule has 8 heteroatoms. The lowest BCUT2D eigenvalue weighted by molar-refractivity contribution is 0.395. The lowest BCUT2D eigenvalue weighted by Gasteiger charge is -2.08. The van der Waals surface area contributed by atoms with Gasteiger partial charge in [0.1, 0.15) is 22.3 Å². The van der Waals surface area contributed by atoms with E-state index in [1.54, 1.807) is 43.9 Å². The van der Waals surface area contributed by atoms with Gasteiger partial charge >= 0.3 is 0 Å². The molecule has 0 N–H and O–H groups in total. The van der Waals surface area contributed by atoms with E-state index in [1.807, 2.05) is 23.6 Å². The highest BCUT2D eigenvalue weighted by atomic mass is 32.2. The average molecular weight is 429 g/mol. The Hall–Kier alpha value is -2.84. The number of nitrogens with zero attached hydrogens (tertiary/aromatic N) is 2. The Labute approximate surface area is 175 Å². The van der Waals surface area contributed by atoms with Crippen LogP contribution >= 0.6 is 23.1 Å². The largest absolute Gasteiger partial charge is 0.497 e. The Morgan fingerprint density at radius 2 is 1.93 bits per heavy atom. The number of hydrogen-bond donors (Lipinski definition) is 0. The summed E-state index contributed by atoms with van der Waals surface area (Å²) in [5, 5.41) is 3.43. The van der Waals surface area contributed by atoms with Crippen LogP contribution < -0.4 is 9.47 Å². The van der Waals surface area contributed by atoms with Gasteiger partial charge in [-0.2, -0.15) is 0 Å². The van der Waals surface area contributed by atoms with Gasteiger partial charge in [-0.3, -0.25) is 0 Å². The lowest BCUT2D eigenvalue weighted by Crippen LogP contribution is -1.90. The first-order valence-electron chi connectivity index (χ1n) is 8.67. The number of benzene rings is 2. The van der Waals surface area contributed by atoms with Gasteiger partial charge in [0, 0.05) is 22.8 Å². The first-order chi connectivity index (χ1) is 14.2. The van der Waals surface area contributed by atoms with Crippen LogP contribution in [0.3, 0.4) is 0 Å². The van der Waals surface area contributed by atoms with Gasteiger partial charge in [0.25, 0.3) is 5.22 Å². The summed E-state index contributed by atoms with van der Waals surface area (Å²) in [6, 6.07) is 11.8. The van der Waals surface area contributed by atoms with E-state index < -0.39 is 0 Å². The Bertz CT molecular complexity index is 1110. The van der Waals surface area contributed by atoms with Crippen LogP contribution in [0.15, 0.2) is 63.7 Å². The molecule has 0 bridgehead atoms. The molecule has 0 saturated heterocycles. The summed E-state index contributed by atoms with van der Waals surface area (Å²) in [6.45, 7) is 0. The maximum atomic E-state index is 13.1. The van der Waals surface area contributed by atoms with Gasteiger partial charge in [0.05, 0.1) is 31.7 Å². The average Bonchev–Trinajstić information content (AvgIpc) is 3.42. The van der Waals surface area contributed by atoms with Gasteiger partial charge in [-0.15, -0.1) is 11.3 Å². The molecule has 0 unspecified atom stereocenters. The Morgan fingerprint density at radius 1 is 1.10 bits per heavy atom. The monoisotopic (exact) mass is 428 g/mol. The Morgan fingerprint density at radius 3 is 2.69 bits per heavy atom. The highest BCUT2D eigenvalue weighted by Gasteiger charge is 2.13. The fourth-order valence-corrected chi connectivity index (χ4v) is 4.33. The van der Waals surface area contributed by atoms with Crippen molar-refractivity contribution in [3.8, 4) is 33.4 Å². The molecule has 0 amide bonds. The van der Waals surface area contributed by atoms with E-state index in [4.69, 9.17) is 18.9 Å². The zero-order chi connectivity index (χ0) is 20.2. The van der Waals surface area contributed by atoms with Gasteiger partial charge in [0.2, 0.25) is 0 Å². The van der Waals surface area contributed by atoms with Gasteiger partial charge in [-0.1, -0.05) is 11.8 Å². The quantitative estimate of drug-likeness (QED) is 0.341. The number of ether oxygens (including phenoxy) is 2. The second-order valence-corrected chi connectivity index (χ2v) is 7.78. The normalized spacial score (nSPS) is 10.9. The van der Waals surface area contributed by atoms with E-state index in [-0.39, 0.29) is 5.82 Å². The van der Waals surface area contributed by atoms with Crippen LogP contribution in [-0.4, -0.2) is 24.2 Å². The first-order valence-corrected chi connectivity index (χ1v) is 10.5. The number of halogens is 1. The highest BCUT2D eigenvalue weighted by molar-refractivity contribution is 7.98. The number of rotatable bonds is 7. The molecule has 0 spiro atoms. The zero-order valence-corrected chi connectivity index (χ0v) is 17.3. The maximum Gasteiger partial charge on any atom is 0.256 e. The molecule has 2 aromatic heterocycles. The fourth-order valence-electron chi connectivity index (χ4n) is 2.68. The van der Waals surface area contributed by atoms with Crippen molar-refractivity contribution < 1.29 is 18.3 Å². The summed E-state index contributed by atoms with van der Waals surface area (Å²) >= 11 is 3.01. The third-order valence-electron chi connectivity index (χ3n) is 4.15. The van der Waals surface area contributed by atoms with Crippen molar-refractivity contribution in [3.05, 3.63) is 65.6 Å². The number of hydrogen-bond acceptors (Lipinski definition) is 7. The molecule has 0 radical (unpaired) electrons. The molecule has 0 aliphatic rings. The van der Waals surface area contributed by atoms with Gasteiger partial charge in [-0.25, -0.2) is 14.4 Å². The predicted molar refractivity (Wildman–Crippen MR) is 112 cm³/mol. The van der Waals surface area contributed by atoms with Crippen LogP contribution in [0.2, 0.25) is 0 Å². The summed E-state index contributed by atoms with van der Waals surface area (Å²) in [7, 11) is 3.25. The fraction of sp³-hybridized carbons (Fsp3) is 0.143. The second-order valence-electron chi connectivity index (χ2n) is 6.00. The third-order valence-corrected chi connectivity index (χ3v) is 5.95. The number of thioether (sulfide) groups is 1. The summed E-state index contributed by atoms with van der Waals surface area (Å²) in [5.74, 6) is 2.40. The molecule has 0 aliphatic carbocycles. The van der Waals surface area contributed by atoms with E-state index in [0.29, 0.717) is 16.7 Å². The number of aromatic nitrogens is 2. The van der Waals surface area contributed by atoms with E-state index in [1.165, 1.54) is 23.9 Å². The maximum absolute atomic E-state index is 13.1. The molecular formula is C21H17FN2O3S2. The molecule has 0 aliphatic heterocycles. The molecule has 0 saturated carbocycles. The molecular weight excluding hydrogens is 411 g/mol. The minimum Gasteiger partial charge on any atom is -0.497 e. The summed E-state index contributed by atoms with van der Waals surface area (Å²) in [6.07, 6.45) is 1.64. The molecule has 0 atom stereocenters. The van der Waals surface area contributed by atoms with Crippen molar-refractivity contribution in [2.75, 3.05) is 14.2 Å². The third kappa shape index (κ3) is 4.44. The number of methoxy groups -OCH3 is 2. The number of thiazole rings is 1. The van der Waals surface area contributed by atoms with Crippen LogP contribution in [0.1, 0.15) is 5.69 Å². The van der Waals surface area contributed by atoms with Crippen molar-refractivity contribution in [2.45, 2.75) is 11.0 Å². The SMILES string of the molecule is COc1ccc(-c2nc(CSc3ncc(-c4ccc(F)cc4)o3)cs2)c(OC)c1. The molecule has 2 aromatic carbocycles. The van der Waals surface area contributed by atoms with Crippen LogP contribution in [0, 0.1) is 5.82 Å². The number of oxazole rings is 1. The summed E-state index contributed by atoms with van der Waals surface area (Å²) < 4.78 is 29.5. The van der Waals surface area contributed by atoms with Crippen molar-refractivity contribution in [1.29, 1.82) is 0 Å². The van der Waals surface area contributed by atoms with Crippen molar-refractivity contribution >= 4 is 23.1 Å². The van der Waals surface area contributed by atoms with Crippen molar-refractivity contribution in [2.24, 2.45) is 0 Å². The van der Waals surface area contributed by atoms with Crippen LogP contribution in [-0.2, 0) is 5.75 Å². The molecule has 4 rings (SSSR count). The van der Waals surface area contributed by atoms with E-state index >= 15 is 0 Å². The van der Waals surface area contributed by atoms with Gasteiger partial charge < -0.3 is 13.9 Å². The first kappa shape index (κ1) is 19.5. The molecule has 5 nitrogen and oxygen atoms in total. The molecule has 0 fully saturated rings. The van der Waals surface area contributed by atoms with Crippen molar-refractivity contribution in [1.82, 2.24) is 9.97 Å². The molecule has 148 valence electrons. The topological polar surface area (TPSA) is 57.4 Å². The van der Waals surface area contributed by atoms with Gasteiger partial charge in [-0.05, 0) is 36.4 Å². The summed E-state index contributed by atoms with van der Waals surface area (Å²) in [5.41, 5.74) is 2.63.